The first-order valence-corrected chi connectivity index (χ1v) is 8.16. The molecule has 1 aromatic rings. The average molecular weight is 275 g/mol. The minimum atomic E-state index is 0.557. The molecule has 0 spiro atoms. The number of nitrogens with one attached hydrogen (secondary N) is 1. The molecule has 2 heteroatoms. The molecule has 0 heterocycles. The molecule has 2 nitrogen and oxygen atoms in total. The smallest absolute Gasteiger partial charge is 0.119 e. The van der Waals surface area contributed by atoms with Crippen molar-refractivity contribution in [3.8, 4) is 5.75 Å². The maximum atomic E-state index is 5.55. The van der Waals surface area contributed by atoms with Crippen LogP contribution in [0, 0.1) is 5.92 Å². The summed E-state index contributed by atoms with van der Waals surface area (Å²) in [4.78, 5) is 0. The molecule has 0 amide bonds. The molecule has 0 aromatic heterocycles. The summed E-state index contributed by atoms with van der Waals surface area (Å²) in [5.74, 6) is 2.48. The van der Waals surface area contributed by atoms with Crippen molar-refractivity contribution in [3.05, 3.63) is 29.8 Å². The highest BCUT2D eigenvalue weighted by Crippen LogP contribution is 2.37. The highest BCUT2D eigenvalue weighted by molar-refractivity contribution is 5.30. The van der Waals surface area contributed by atoms with Crippen molar-refractivity contribution >= 4 is 0 Å². The zero-order chi connectivity index (χ0) is 14.4. The van der Waals surface area contributed by atoms with Crippen LogP contribution >= 0.6 is 0 Å². The second-order valence-electron chi connectivity index (χ2n) is 6.22. The van der Waals surface area contributed by atoms with Gasteiger partial charge in [-0.1, -0.05) is 38.8 Å². The van der Waals surface area contributed by atoms with E-state index in [1.54, 1.807) is 0 Å². The zero-order valence-corrected chi connectivity index (χ0v) is 13.2. The van der Waals surface area contributed by atoms with Crippen molar-refractivity contribution in [2.24, 2.45) is 5.92 Å². The van der Waals surface area contributed by atoms with Crippen LogP contribution in [0.3, 0.4) is 0 Å². The van der Waals surface area contributed by atoms with E-state index in [9.17, 15) is 0 Å². The highest BCUT2D eigenvalue weighted by atomic mass is 16.5. The van der Waals surface area contributed by atoms with E-state index in [-0.39, 0.29) is 0 Å². The first kappa shape index (κ1) is 15.4. The molecule has 1 N–H and O–H groups in total. The zero-order valence-electron chi connectivity index (χ0n) is 13.2. The lowest BCUT2D eigenvalue weighted by Gasteiger charge is -2.25. The van der Waals surface area contributed by atoms with Gasteiger partial charge in [-0.2, -0.15) is 0 Å². The summed E-state index contributed by atoms with van der Waals surface area (Å²) < 4.78 is 5.55. The van der Waals surface area contributed by atoms with Gasteiger partial charge in [0.2, 0.25) is 0 Å². The molecule has 1 atom stereocenters. The normalized spacial score (nSPS) is 17.6. The van der Waals surface area contributed by atoms with Gasteiger partial charge in [-0.25, -0.2) is 0 Å². The fourth-order valence-corrected chi connectivity index (χ4v) is 3.26. The molecule has 1 aliphatic rings. The maximum absolute atomic E-state index is 5.55. The van der Waals surface area contributed by atoms with Gasteiger partial charge < -0.3 is 10.1 Å². The molecule has 1 fully saturated rings. The van der Waals surface area contributed by atoms with Crippen molar-refractivity contribution in [1.29, 1.82) is 0 Å². The predicted molar refractivity (Wildman–Crippen MR) is 85.4 cm³/mol. The summed E-state index contributed by atoms with van der Waals surface area (Å²) in [7, 11) is 0. The maximum Gasteiger partial charge on any atom is 0.119 e. The number of benzene rings is 1. The third-order valence-corrected chi connectivity index (χ3v) is 4.33. The van der Waals surface area contributed by atoms with Crippen LogP contribution in [0.25, 0.3) is 0 Å². The largest absolute Gasteiger partial charge is 0.494 e. The standard InChI is InChI=1S/C18H29NO/c1-4-20-17-11-9-16(10-12-17)18(13-19-14(2)3)15-7-5-6-8-15/h9-12,14-15,18-19H,4-8,13H2,1-3H3. The molecule has 0 aliphatic heterocycles. The Labute approximate surface area is 123 Å². The second kappa shape index (κ2) is 7.68. The summed E-state index contributed by atoms with van der Waals surface area (Å²) in [5.41, 5.74) is 1.47. The quantitative estimate of drug-likeness (QED) is 0.798. The Morgan fingerprint density at radius 1 is 1.15 bits per heavy atom. The second-order valence-corrected chi connectivity index (χ2v) is 6.22. The van der Waals surface area contributed by atoms with Gasteiger partial charge in [0.1, 0.15) is 5.75 Å². The molecular weight excluding hydrogens is 246 g/mol. The topological polar surface area (TPSA) is 21.3 Å². The van der Waals surface area contributed by atoms with E-state index in [2.05, 4.69) is 43.4 Å². The molecule has 2 rings (SSSR count). The molecular formula is C18H29NO. The minimum Gasteiger partial charge on any atom is -0.494 e. The molecule has 0 bridgehead atoms. The molecule has 1 unspecified atom stereocenters. The third-order valence-electron chi connectivity index (χ3n) is 4.33. The number of rotatable bonds is 7. The molecule has 0 radical (unpaired) electrons. The van der Waals surface area contributed by atoms with E-state index in [0.29, 0.717) is 12.0 Å². The van der Waals surface area contributed by atoms with Gasteiger partial charge in [-0.15, -0.1) is 0 Å². The fraction of sp³-hybridized carbons (Fsp3) is 0.667. The van der Waals surface area contributed by atoms with Crippen LogP contribution in [0.1, 0.15) is 57.9 Å². The van der Waals surface area contributed by atoms with E-state index >= 15 is 0 Å². The molecule has 112 valence electrons. The lowest BCUT2D eigenvalue weighted by molar-refractivity contribution is 0.339. The Morgan fingerprint density at radius 3 is 2.35 bits per heavy atom. The Balaban J connectivity index is 2.07. The fourth-order valence-electron chi connectivity index (χ4n) is 3.26. The summed E-state index contributed by atoms with van der Waals surface area (Å²) in [6.45, 7) is 8.31. The number of ether oxygens (including phenoxy) is 1. The van der Waals surface area contributed by atoms with E-state index in [1.807, 2.05) is 6.92 Å². The van der Waals surface area contributed by atoms with Gasteiger partial charge in [-0.05, 0) is 49.3 Å². The molecule has 1 aromatic carbocycles. The first-order valence-electron chi connectivity index (χ1n) is 8.16. The monoisotopic (exact) mass is 275 g/mol. The summed E-state index contributed by atoms with van der Waals surface area (Å²) in [5, 5.41) is 3.63. The van der Waals surface area contributed by atoms with Gasteiger partial charge in [-0.3, -0.25) is 0 Å². The average Bonchev–Trinajstić information content (AvgIpc) is 2.95. The Hall–Kier alpha value is -1.02. The first-order chi connectivity index (χ1) is 9.70. The number of hydrogen-bond donors (Lipinski definition) is 1. The molecule has 20 heavy (non-hydrogen) atoms. The van der Waals surface area contributed by atoms with Gasteiger partial charge in [0.25, 0.3) is 0 Å². The van der Waals surface area contributed by atoms with Crippen LogP contribution in [0.15, 0.2) is 24.3 Å². The van der Waals surface area contributed by atoms with E-state index in [0.717, 1.165) is 24.8 Å². The van der Waals surface area contributed by atoms with Crippen molar-refractivity contribution in [2.75, 3.05) is 13.2 Å². The third kappa shape index (κ3) is 4.24. The van der Waals surface area contributed by atoms with Crippen LogP contribution in [0.2, 0.25) is 0 Å². The lowest BCUT2D eigenvalue weighted by atomic mass is 9.84. The van der Waals surface area contributed by atoms with Crippen LogP contribution in [0.5, 0.6) is 5.75 Å². The SMILES string of the molecule is CCOc1ccc(C(CNC(C)C)C2CCCC2)cc1. The minimum absolute atomic E-state index is 0.557. The Kier molecular flexibility index (Phi) is 5.90. The van der Waals surface area contributed by atoms with Crippen LogP contribution in [-0.2, 0) is 0 Å². The van der Waals surface area contributed by atoms with Gasteiger partial charge in [0.15, 0.2) is 0 Å². The highest BCUT2D eigenvalue weighted by Gasteiger charge is 2.26. The van der Waals surface area contributed by atoms with E-state index < -0.39 is 0 Å². The van der Waals surface area contributed by atoms with Crippen molar-refractivity contribution in [2.45, 2.75) is 58.4 Å². The Bertz CT molecular complexity index is 379. The number of hydrogen-bond acceptors (Lipinski definition) is 2. The molecule has 1 aliphatic carbocycles. The van der Waals surface area contributed by atoms with Crippen LogP contribution in [0.4, 0.5) is 0 Å². The van der Waals surface area contributed by atoms with Gasteiger partial charge in [0, 0.05) is 12.6 Å². The van der Waals surface area contributed by atoms with Crippen molar-refractivity contribution < 1.29 is 4.74 Å². The summed E-state index contributed by atoms with van der Waals surface area (Å²) in [6, 6.07) is 9.32. The van der Waals surface area contributed by atoms with Crippen molar-refractivity contribution in [1.82, 2.24) is 5.32 Å². The lowest BCUT2D eigenvalue weighted by Crippen LogP contribution is -2.30. The van der Waals surface area contributed by atoms with Gasteiger partial charge in [0.05, 0.1) is 6.61 Å². The van der Waals surface area contributed by atoms with E-state index in [4.69, 9.17) is 4.74 Å². The van der Waals surface area contributed by atoms with Gasteiger partial charge >= 0.3 is 0 Å². The van der Waals surface area contributed by atoms with Crippen LogP contribution in [-0.4, -0.2) is 19.2 Å². The van der Waals surface area contributed by atoms with Crippen molar-refractivity contribution in [3.63, 3.8) is 0 Å². The Morgan fingerprint density at radius 2 is 1.80 bits per heavy atom. The molecule has 1 saturated carbocycles. The summed E-state index contributed by atoms with van der Waals surface area (Å²) in [6.07, 6.45) is 5.58. The molecule has 0 saturated heterocycles. The van der Waals surface area contributed by atoms with Crippen LogP contribution < -0.4 is 10.1 Å². The van der Waals surface area contributed by atoms with E-state index in [1.165, 1.54) is 31.2 Å². The summed E-state index contributed by atoms with van der Waals surface area (Å²) >= 11 is 0. The predicted octanol–water partition coefficient (Wildman–Crippen LogP) is 4.36.